The third-order valence-electron chi connectivity index (χ3n) is 3.59. The van der Waals surface area contributed by atoms with E-state index in [1.807, 2.05) is 0 Å². The lowest BCUT2D eigenvalue weighted by Gasteiger charge is -2.19. The van der Waals surface area contributed by atoms with Crippen molar-refractivity contribution in [3.05, 3.63) is 57.6 Å². The summed E-state index contributed by atoms with van der Waals surface area (Å²) < 4.78 is 10.5. The number of aliphatic hydroxyl groups is 1. The molecule has 2 aromatic rings. The second kappa shape index (κ2) is 7.96. The molecule has 1 unspecified atom stereocenters. The van der Waals surface area contributed by atoms with Crippen LogP contribution in [-0.2, 0) is 0 Å². The number of Topliss-reactive ketones (excluding diaryl/α,β-unsaturated/α-hetero) is 1. The normalized spacial score (nSPS) is 13.3. The highest BCUT2D eigenvalue weighted by atomic mass is 16.5. The molecule has 0 radical (unpaired) electrons. The molecule has 0 saturated carbocycles. The van der Waals surface area contributed by atoms with Crippen LogP contribution in [0.3, 0.4) is 0 Å². The fourth-order valence-electron chi connectivity index (χ4n) is 2.34. The number of carbonyl (C=O) groups excluding carboxylic acids is 1. The van der Waals surface area contributed by atoms with Gasteiger partial charge in [0, 0.05) is 18.2 Å². The molecule has 7 nitrogen and oxygen atoms in total. The van der Waals surface area contributed by atoms with Gasteiger partial charge in [-0.15, -0.1) is 0 Å². The molecule has 0 saturated heterocycles. The van der Waals surface area contributed by atoms with Gasteiger partial charge in [-0.2, -0.15) is 0 Å². The molecule has 134 valence electrons. The number of nitrogens with one attached hydrogen (secondary N) is 1. The van der Waals surface area contributed by atoms with Gasteiger partial charge in [-0.1, -0.05) is 0 Å². The van der Waals surface area contributed by atoms with Gasteiger partial charge in [-0.3, -0.25) is 14.9 Å². The number of hydrogen-bond acceptors (Lipinski definition) is 7. The Morgan fingerprint density at radius 1 is 1.32 bits per heavy atom. The Morgan fingerprint density at radius 3 is 2.52 bits per heavy atom. The van der Waals surface area contributed by atoms with E-state index in [0.717, 1.165) is 6.07 Å². The average Bonchev–Trinajstić information content (AvgIpc) is 2.58. The van der Waals surface area contributed by atoms with Gasteiger partial charge in [0.25, 0.3) is 0 Å². The lowest BCUT2D eigenvalue weighted by molar-refractivity contribution is 0.0913. The largest absolute Gasteiger partial charge is 0.502 e. The lowest BCUT2D eigenvalue weighted by Crippen LogP contribution is -2.34. The van der Waals surface area contributed by atoms with E-state index in [1.54, 1.807) is 38.1 Å². The van der Waals surface area contributed by atoms with Crippen molar-refractivity contribution in [2.24, 2.45) is 0 Å². The summed E-state index contributed by atoms with van der Waals surface area (Å²) in [7, 11) is 1.52. The predicted octanol–water partition coefficient (Wildman–Crippen LogP) is 1.56. The molecule has 1 aromatic carbocycles. The van der Waals surface area contributed by atoms with Crippen LogP contribution in [0, 0.1) is 6.92 Å². The summed E-state index contributed by atoms with van der Waals surface area (Å²) in [6, 6.07) is 6.43. The summed E-state index contributed by atoms with van der Waals surface area (Å²) in [5.74, 6) is -0.353. The zero-order chi connectivity index (χ0) is 18.6. The molecule has 0 bridgehead atoms. The smallest absolute Gasteiger partial charge is 0.227 e. The Hall–Kier alpha value is -2.64. The summed E-state index contributed by atoms with van der Waals surface area (Å²) in [5, 5.41) is 22.4. The zero-order valence-corrected chi connectivity index (χ0v) is 14.3. The molecule has 25 heavy (non-hydrogen) atoms. The van der Waals surface area contributed by atoms with E-state index < -0.39 is 29.1 Å². The van der Waals surface area contributed by atoms with Crippen LogP contribution in [0.1, 0.15) is 34.8 Å². The molecule has 7 heteroatoms. The van der Waals surface area contributed by atoms with Crippen LogP contribution in [0.5, 0.6) is 11.5 Å². The second-order valence-corrected chi connectivity index (χ2v) is 5.72. The fourth-order valence-corrected chi connectivity index (χ4v) is 2.34. The quantitative estimate of drug-likeness (QED) is 0.652. The topological polar surface area (TPSA) is 109 Å². The minimum absolute atomic E-state index is 0.0731. The molecule has 2 rings (SSSR count). The van der Waals surface area contributed by atoms with Gasteiger partial charge in [0.15, 0.2) is 11.5 Å². The summed E-state index contributed by atoms with van der Waals surface area (Å²) in [4.78, 5) is 24.7. The Labute approximate surface area is 144 Å². The molecule has 0 aliphatic carbocycles. The SMILES string of the molecule is COc1ccc(C(=O)C(NC[C@@H](C)O)c2oc(C)cc(=O)c2O)cc1. The van der Waals surface area contributed by atoms with E-state index in [-0.39, 0.29) is 18.1 Å². The summed E-state index contributed by atoms with van der Waals surface area (Å²) in [6.45, 7) is 3.17. The maximum Gasteiger partial charge on any atom is 0.227 e. The molecule has 1 aromatic heterocycles. The Morgan fingerprint density at radius 2 is 1.96 bits per heavy atom. The van der Waals surface area contributed by atoms with Gasteiger partial charge in [-0.25, -0.2) is 0 Å². The Bertz CT molecular complexity index is 794. The van der Waals surface area contributed by atoms with Crippen LogP contribution < -0.4 is 15.5 Å². The first-order valence-corrected chi connectivity index (χ1v) is 7.76. The Balaban J connectivity index is 2.44. The van der Waals surface area contributed by atoms with E-state index in [9.17, 15) is 19.8 Å². The van der Waals surface area contributed by atoms with Crippen LogP contribution in [0.2, 0.25) is 0 Å². The van der Waals surface area contributed by atoms with Gasteiger partial charge in [0.1, 0.15) is 17.6 Å². The van der Waals surface area contributed by atoms with Gasteiger partial charge in [0.05, 0.1) is 13.2 Å². The van der Waals surface area contributed by atoms with Gasteiger partial charge < -0.3 is 19.4 Å². The molecular weight excluding hydrogens is 326 g/mol. The zero-order valence-electron chi connectivity index (χ0n) is 14.3. The van der Waals surface area contributed by atoms with Crippen LogP contribution >= 0.6 is 0 Å². The Kier molecular flexibility index (Phi) is 5.95. The van der Waals surface area contributed by atoms with E-state index in [0.29, 0.717) is 11.3 Å². The van der Waals surface area contributed by atoms with Crippen molar-refractivity contribution in [2.75, 3.05) is 13.7 Å². The van der Waals surface area contributed by atoms with Crippen molar-refractivity contribution in [1.29, 1.82) is 0 Å². The number of ketones is 1. The van der Waals surface area contributed by atoms with Crippen molar-refractivity contribution in [3.63, 3.8) is 0 Å². The highest BCUT2D eigenvalue weighted by molar-refractivity contribution is 6.00. The fraction of sp³-hybridized carbons (Fsp3) is 0.333. The van der Waals surface area contributed by atoms with Crippen molar-refractivity contribution in [3.8, 4) is 11.5 Å². The summed E-state index contributed by atoms with van der Waals surface area (Å²) in [6.07, 6.45) is -0.732. The van der Waals surface area contributed by atoms with Gasteiger partial charge in [-0.05, 0) is 38.1 Å². The number of aliphatic hydroxyl groups excluding tert-OH is 1. The molecule has 3 N–H and O–H groups in total. The van der Waals surface area contributed by atoms with Crippen LogP contribution in [0.4, 0.5) is 0 Å². The number of carbonyl (C=O) groups is 1. The molecule has 0 fully saturated rings. The number of aryl methyl sites for hydroxylation is 1. The maximum atomic E-state index is 12.9. The molecule has 0 spiro atoms. The molecule has 0 aliphatic rings. The van der Waals surface area contributed by atoms with Gasteiger partial charge in [0.2, 0.25) is 11.2 Å². The predicted molar refractivity (Wildman–Crippen MR) is 91.1 cm³/mol. The summed E-state index contributed by atoms with van der Waals surface area (Å²) in [5.41, 5.74) is -0.294. The molecular formula is C18H21NO6. The number of rotatable bonds is 7. The number of methoxy groups -OCH3 is 1. The van der Waals surface area contributed by atoms with E-state index >= 15 is 0 Å². The number of aromatic hydroxyl groups is 1. The van der Waals surface area contributed by atoms with Crippen LogP contribution in [0.25, 0.3) is 0 Å². The number of hydrogen-bond donors (Lipinski definition) is 3. The highest BCUT2D eigenvalue weighted by Gasteiger charge is 2.28. The number of ether oxygens (including phenoxy) is 1. The average molecular weight is 347 g/mol. The monoisotopic (exact) mass is 347 g/mol. The molecule has 0 aliphatic heterocycles. The molecule has 2 atom stereocenters. The standard InChI is InChI=1S/C18H21NO6/c1-10(20)9-19-15(18-17(23)14(21)8-11(2)25-18)16(22)12-4-6-13(24-3)7-5-12/h4-8,10,15,19-20,23H,9H2,1-3H3/t10-,15?/m1/s1. The highest BCUT2D eigenvalue weighted by Crippen LogP contribution is 2.26. The first-order valence-electron chi connectivity index (χ1n) is 7.76. The van der Waals surface area contributed by atoms with E-state index in [1.165, 1.54) is 7.11 Å². The third kappa shape index (κ3) is 4.46. The summed E-state index contributed by atoms with van der Waals surface area (Å²) >= 11 is 0. The van der Waals surface area contributed by atoms with Crippen molar-refractivity contribution >= 4 is 5.78 Å². The van der Waals surface area contributed by atoms with Crippen LogP contribution in [0.15, 0.2) is 39.5 Å². The van der Waals surface area contributed by atoms with Crippen molar-refractivity contribution in [1.82, 2.24) is 5.32 Å². The first-order chi connectivity index (χ1) is 11.8. The van der Waals surface area contributed by atoms with Crippen molar-refractivity contribution < 1.29 is 24.2 Å². The lowest BCUT2D eigenvalue weighted by atomic mass is 10.0. The molecule has 0 amide bonds. The second-order valence-electron chi connectivity index (χ2n) is 5.72. The molecule has 1 heterocycles. The maximum absolute atomic E-state index is 12.9. The minimum Gasteiger partial charge on any atom is -0.502 e. The van der Waals surface area contributed by atoms with E-state index in [2.05, 4.69) is 5.32 Å². The third-order valence-corrected chi connectivity index (χ3v) is 3.59. The van der Waals surface area contributed by atoms with E-state index in [4.69, 9.17) is 9.15 Å². The van der Waals surface area contributed by atoms with Crippen LogP contribution in [-0.4, -0.2) is 35.8 Å². The van der Waals surface area contributed by atoms with Gasteiger partial charge >= 0.3 is 0 Å². The first kappa shape index (κ1) is 18.7. The van der Waals surface area contributed by atoms with Crippen molar-refractivity contribution in [2.45, 2.75) is 26.0 Å². The number of benzene rings is 1. The minimum atomic E-state index is -1.12.